The second-order valence-corrected chi connectivity index (χ2v) is 14.9. The van der Waals surface area contributed by atoms with E-state index in [4.69, 9.17) is 5.73 Å². The quantitative estimate of drug-likeness (QED) is 0.269. The Kier molecular flexibility index (Phi) is 9.33. The maximum atomic E-state index is 14.3. The van der Waals surface area contributed by atoms with Crippen molar-refractivity contribution in [3.05, 3.63) is 42.5 Å². The number of urea groups is 1. The van der Waals surface area contributed by atoms with Gasteiger partial charge in [-0.15, -0.1) is 0 Å². The Hall–Kier alpha value is -3.69. The lowest BCUT2D eigenvalue weighted by molar-refractivity contribution is -0.145. The van der Waals surface area contributed by atoms with Gasteiger partial charge in [-0.1, -0.05) is 98.2 Å². The molecule has 44 heavy (non-hydrogen) atoms. The summed E-state index contributed by atoms with van der Waals surface area (Å²) in [6.45, 7) is 18.3. The lowest BCUT2D eigenvalue weighted by atomic mass is 9.85. The molecule has 240 valence electrons. The van der Waals surface area contributed by atoms with E-state index in [1.165, 1.54) is 0 Å². The van der Waals surface area contributed by atoms with Crippen molar-refractivity contribution < 1.29 is 24.0 Å². The van der Waals surface area contributed by atoms with Gasteiger partial charge in [-0.25, -0.2) is 4.79 Å². The SMILES string of the molecule is C=C(c1ccccc1)[C@@H](NC(=O)N[C@H](C(=O)N1C[C@H]2[C@@H]([C@H]1C(=O)NC(CC1CC1)C(=O)C(N)=O)C2(C)C)C(C)(C)C)C(C)C. The number of nitrogens with zero attached hydrogens (tertiary/aromatic N) is 1. The van der Waals surface area contributed by atoms with Gasteiger partial charge in [-0.2, -0.15) is 0 Å². The molecule has 0 aromatic heterocycles. The molecule has 5 amide bonds. The zero-order chi connectivity index (χ0) is 32.7. The average molecular weight is 608 g/mol. The van der Waals surface area contributed by atoms with Crippen LogP contribution in [0.25, 0.3) is 5.57 Å². The minimum atomic E-state index is -1.09. The molecule has 5 N–H and O–H groups in total. The number of carbonyl (C=O) groups excluding carboxylic acids is 5. The van der Waals surface area contributed by atoms with Crippen molar-refractivity contribution in [3.63, 3.8) is 0 Å². The number of nitrogens with two attached hydrogens (primary N) is 1. The molecule has 10 nitrogen and oxygen atoms in total. The van der Waals surface area contributed by atoms with Gasteiger partial charge in [0.25, 0.3) is 5.91 Å². The van der Waals surface area contributed by atoms with Crippen LogP contribution in [0.3, 0.4) is 0 Å². The van der Waals surface area contributed by atoms with Crippen molar-refractivity contribution in [2.75, 3.05) is 6.54 Å². The van der Waals surface area contributed by atoms with E-state index in [1.807, 2.05) is 65.0 Å². The molecule has 1 aromatic carbocycles. The van der Waals surface area contributed by atoms with Gasteiger partial charge < -0.3 is 26.6 Å². The number of amides is 5. The monoisotopic (exact) mass is 607 g/mol. The first-order valence-corrected chi connectivity index (χ1v) is 15.7. The van der Waals surface area contributed by atoms with Crippen molar-refractivity contribution in [1.29, 1.82) is 0 Å². The van der Waals surface area contributed by atoms with E-state index in [2.05, 4.69) is 36.4 Å². The summed E-state index contributed by atoms with van der Waals surface area (Å²) < 4.78 is 0. The summed E-state index contributed by atoms with van der Waals surface area (Å²) in [5, 5.41) is 8.72. The molecule has 2 aliphatic carbocycles. The second-order valence-electron chi connectivity index (χ2n) is 14.9. The Labute approximate surface area is 260 Å². The number of primary amides is 1. The summed E-state index contributed by atoms with van der Waals surface area (Å²) >= 11 is 0. The lowest BCUT2D eigenvalue weighted by Crippen LogP contribution is -2.62. The van der Waals surface area contributed by atoms with Gasteiger partial charge in [0.1, 0.15) is 12.1 Å². The van der Waals surface area contributed by atoms with Gasteiger partial charge in [0, 0.05) is 6.54 Å². The Bertz CT molecular complexity index is 1310. The molecule has 4 rings (SSSR count). The first kappa shape index (κ1) is 33.2. The summed E-state index contributed by atoms with van der Waals surface area (Å²) in [6.07, 6.45) is 2.21. The molecule has 1 saturated heterocycles. The summed E-state index contributed by atoms with van der Waals surface area (Å²) in [7, 11) is 0. The summed E-state index contributed by atoms with van der Waals surface area (Å²) in [6, 6.07) is 5.96. The smallest absolute Gasteiger partial charge is 0.315 e. The molecule has 1 aromatic rings. The maximum Gasteiger partial charge on any atom is 0.315 e. The van der Waals surface area contributed by atoms with Gasteiger partial charge in [-0.05, 0) is 52.1 Å². The van der Waals surface area contributed by atoms with Crippen LogP contribution in [0.4, 0.5) is 4.79 Å². The number of ketones is 1. The maximum absolute atomic E-state index is 14.3. The van der Waals surface area contributed by atoms with E-state index in [-0.39, 0.29) is 41.0 Å². The Morgan fingerprint density at radius 1 is 1.02 bits per heavy atom. The fourth-order valence-corrected chi connectivity index (χ4v) is 6.78. The molecule has 0 spiro atoms. The predicted octanol–water partition coefficient (Wildman–Crippen LogP) is 3.26. The molecule has 0 radical (unpaired) electrons. The third-order valence-electron chi connectivity index (χ3n) is 9.76. The molecule has 0 bridgehead atoms. The number of benzene rings is 1. The highest BCUT2D eigenvalue weighted by Crippen LogP contribution is 2.65. The van der Waals surface area contributed by atoms with Gasteiger partial charge in [-0.3, -0.25) is 19.2 Å². The van der Waals surface area contributed by atoms with Crippen molar-refractivity contribution >= 4 is 35.1 Å². The highest BCUT2D eigenvalue weighted by Gasteiger charge is 2.70. The number of likely N-dealkylation sites (tertiary alicyclic amines) is 1. The summed E-state index contributed by atoms with van der Waals surface area (Å²) in [5.41, 5.74) is 6.13. The Balaban J connectivity index is 1.53. The lowest BCUT2D eigenvalue weighted by Gasteiger charge is -2.38. The molecular formula is C34H49N5O5. The van der Waals surface area contributed by atoms with Gasteiger partial charge in [0.2, 0.25) is 17.6 Å². The van der Waals surface area contributed by atoms with Gasteiger partial charge in [0.05, 0.1) is 12.1 Å². The minimum absolute atomic E-state index is 0.0324. The van der Waals surface area contributed by atoms with Crippen LogP contribution in [0, 0.1) is 34.5 Å². The van der Waals surface area contributed by atoms with Crippen molar-refractivity contribution in [1.82, 2.24) is 20.9 Å². The number of rotatable bonds is 12. The normalized spacial score (nSPS) is 24.0. The standard InChI is InChI=1S/C34H49N5O5/c1-18(2)25(19(3)21-12-10-9-11-13-21)37-32(44)38-28(33(4,5)6)31(43)39-17-22-24(34(22,7)8)26(39)30(42)36-23(16-20-14-15-20)27(40)29(35)41/h9-13,18,20,22-26,28H,3,14-17H2,1-2,4-8H3,(H2,35,41)(H,36,42)(H2,37,38,44)/t22-,23?,24-,25-,26-,28+/m0/s1. The number of hydrogen-bond acceptors (Lipinski definition) is 5. The number of carbonyl (C=O) groups is 5. The van der Waals surface area contributed by atoms with Crippen LogP contribution in [0.5, 0.6) is 0 Å². The van der Waals surface area contributed by atoms with Crippen molar-refractivity contribution in [3.8, 4) is 0 Å². The molecule has 2 saturated carbocycles. The number of Topliss-reactive ketones (excluding diaryl/α,β-unsaturated/α-hetero) is 1. The molecule has 1 unspecified atom stereocenters. The van der Waals surface area contributed by atoms with Crippen LogP contribution in [-0.4, -0.2) is 65.1 Å². The van der Waals surface area contributed by atoms with E-state index in [0.29, 0.717) is 13.0 Å². The van der Waals surface area contributed by atoms with Gasteiger partial charge >= 0.3 is 6.03 Å². The number of hydrogen-bond donors (Lipinski definition) is 4. The van der Waals surface area contributed by atoms with E-state index in [0.717, 1.165) is 24.0 Å². The van der Waals surface area contributed by atoms with Crippen LogP contribution in [0.1, 0.15) is 73.3 Å². The molecular weight excluding hydrogens is 558 g/mol. The second kappa shape index (κ2) is 12.4. The largest absolute Gasteiger partial charge is 0.363 e. The van der Waals surface area contributed by atoms with Gasteiger partial charge in [0.15, 0.2) is 0 Å². The van der Waals surface area contributed by atoms with Crippen molar-refractivity contribution in [2.45, 2.75) is 91.9 Å². The number of nitrogens with one attached hydrogen (secondary N) is 3. The highest BCUT2D eigenvalue weighted by molar-refractivity contribution is 6.37. The molecule has 1 aliphatic heterocycles. The van der Waals surface area contributed by atoms with Crippen LogP contribution in [0.2, 0.25) is 0 Å². The zero-order valence-electron chi connectivity index (χ0n) is 27.1. The predicted molar refractivity (Wildman–Crippen MR) is 169 cm³/mol. The molecule has 6 atom stereocenters. The Morgan fingerprint density at radius 3 is 2.16 bits per heavy atom. The van der Waals surface area contributed by atoms with Crippen LogP contribution >= 0.6 is 0 Å². The van der Waals surface area contributed by atoms with E-state index in [9.17, 15) is 24.0 Å². The van der Waals surface area contributed by atoms with E-state index in [1.54, 1.807) is 4.90 Å². The van der Waals surface area contributed by atoms with E-state index < -0.39 is 47.2 Å². The van der Waals surface area contributed by atoms with Crippen LogP contribution < -0.4 is 21.7 Å². The van der Waals surface area contributed by atoms with Crippen LogP contribution in [0.15, 0.2) is 36.9 Å². The summed E-state index contributed by atoms with van der Waals surface area (Å²) in [5.74, 6) is -2.45. The zero-order valence-corrected chi connectivity index (χ0v) is 27.1. The third-order valence-corrected chi connectivity index (χ3v) is 9.76. The van der Waals surface area contributed by atoms with E-state index >= 15 is 0 Å². The fraction of sp³-hybridized carbons (Fsp3) is 0.618. The molecule has 10 heteroatoms. The fourth-order valence-electron chi connectivity index (χ4n) is 6.78. The van der Waals surface area contributed by atoms with Crippen molar-refractivity contribution in [2.24, 2.45) is 40.2 Å². The number of piperidine rings is 1. The number of fused-ring (bicyclic) bond motifs is 1. The topological polar surface area (TPSA) is 151 Å². The minimum Gasteiger partial charge on any atom is -0.363 e. The Morgan fingerprint density at radius 2 is 1.64 bits per heavy atom. The average Bonchev–Trinajstić information content (AvgIpc) is 3.80. The van der Waals surface area contributed by atoms with Crippen LogP contribution in [-0.2, 0) is 19.2 Å². The summed E-state index contributed by atoms with van der Waals surface area (Å²) in [4.78, 5) is 67.4. The molecule has 3 aliphatic rings. The molecule has 1 heterocycles. The highest BCUT2D eigenvalue weighted by atomic mass is 16.2. The first-order valence-electron chi connectivity index (χ1n) is 15.7. The third kappa shape index (κ3) is 7.00. The first-order chi connectivity index (χ1) is 20.4. The molecule has 3 fully saturated rings.